The van der Waals surface area contributed by atoms with E-state index >= 15 is 0 Å². The maximum atomic E-state index is 12.9. The number of aromatic nitrogens is 2. The first-order valence-electron chi connectivity index (χ1n) is 12.7. The normalized spacial score (nSPS) is 16.2. The Kier molecular flexibility index (Phi) is 8.13. The number of unbranched alkanes of at least 4 members (excludes halogenated alkanes) is 5. The molecule has 172 valence electrons. The highest BCUT2D eigenvalue weighted by Gasteiger charge is 2.28. The third-order valence-electron chi connectivity index (χ3n) is 6.82. The van der Waals surface area contributed by atoms with E-state index in [9.17, 15) is 4.79 Å². The Bertz CT molecular complexity index is 877. The standard InChI is InChI=1S/C27H38N4O/c1-2-3-4-5-6-11-16-25(32)31-20-17-24-23(21-31)27(30-18-12-8-13-19-30)29-26(28-24)22-14-9-7-10-15-22/h7,9-10,14-15H,2-6,8,11-13,16-21H2,1H3. The average Bonchev–Trinajstić information content (AvgIpc) is 2.86. The van der Waals surface area contributed by atoms with Gasteiger partial charge in [0.2, 0.25) is 5.91 Å². The molecule has 0 spiro atoms. The molecule has 0 N–H and O–H groups in total. The van der Waals surface area contributed by atoms with Crippen molar-refractivity contribution < 1.29 is 4.79 Å². The summed E-state index contributed by atoms with van der Waals surface area (Å²) < 4.78 is 0. The largest absolute Gasteiger partial charge is 0.356 e. The van der Waals surface area contributed by atoms with Gasteiger partial charge < -0.3 is 9.80 Å². The zero-order chi connectivity index (χ0) is 22.2. The molecule has 5 nitrogen and oxygen atoms in total. The molecule has 2 aliphatic heterocycles. The number of anilines is 1. The van der Waals surface area contributed by atoms with Gasteiger partial charge >= 0.3 is 0 Å². The van der Waals surface area contributed by atoms with Crippen LogP contribution < -0.4 is 4.90 Å². The number of nitrogens with zero attached hydrogens (tertiary/aromatic N) is 4. The average molecular weight is 435 g/mol. The zero-order valence-electron chi connectivity index (χ0n) is 19.7. The topological polar surface area (TPSA) is 49.3 Å². The fraction of sp³-hybridized carbons (Fsp3) is 0.593. The molecule has 3 heterocycles. The summed E-state index contributed by atoms with van der Waals surface area (Å²) in [6.07, 6.45) is 12.5. The molecule has 1 aromatic heterocycles. The minimum Gasteiger partial charge on any atom is -0.356 e. The number of piperidine rings is 1. The van der Waals surface area contributed by atoms with Gasteiger partial charge in [0.15, 0.2) is 5.82 Å². The minimum atomic E-state index is 0.294. The predicted molar refractivity (Wildman–Crippen MR) is 131 cm³/mol. The summed E-state index contributed by atoms with van der Waals surface area (Å²) in [6.45, 7) is 5.76. The molecule has 32 heavy (non-hydrogen) atoms. The predicted octanol–water partition coefficient (Wildman–Crippen LogP) is 5.77. The molecule has 0 unspecified atom stereocenters. The summed E-state index contributed by atoms with van der Waals surface area (Å²) in [5.41, 5.74) is 3.37. The van der Waals surface area contributed by atoms with E-state index < -0.39 is 0 Å². The molecular formula is C27H38N4O. The van der Waals surface area contributed by atoms with E-state index in [0.29, 0.717) is 18.9 Å². The van der Waals surface area contributed by atoms with Gasteiger partial charge in [0.1, 0.15) is 5.82 Å². The maximum Gasteiger partial charge on any atom is 0.222 e. The monoisotopic (exact) mass is 434 g/mol. The molecule has 0 bridgehead atoms. The van der Waals surface area contributed by atoms with Crippen molar-refractivity contribution in [3.8, 4) is 11.4 Å². The Morgan fingerprint density at radius 3 is 2.44 bits per heavy atom. The summed E-state index contributed by atoms with van der Waals surface area (Å²) >= 11 is 0. The quantitative estimate of drug-likeness (QED) is 0.470. The Balaban J connectivity index is 1.49. The van der Waals surface area contributed by atoms with Crippen LogP contribution in [0.15, 0.2) is 30.3 Å². The van der Waals surface area contributed by atoms with Crippen LogP contribution >= 0.6 is 0 Å². The van der Waals surface area contributed by atoms with E-state index in [-0.39, 0.29) is 0 Å². The van der Waals surface area contributed by atoms with Crippen LogP contribution in [-0.4, -0.2) is 40.4 Å². The minimum absolute atomic E-state index is 0.294. The number of carbonyl (C=O) groups is 1. The van der Waals surface area contributed by atoms with Gasteiger partial charge in [-0.15, -0.1) is 0 Å². The van der Waals surface area contributed by atoms with Gasteiger partial charge in [-0.3, -0.25) is 4.79 Å². The van der Waals surface area contributed by atoms with Crippen LogP contribution in [0.3, 0.4) is 0 Å². The molecule has 4 rings (SSSR count). The van der Waals surface area contributed by atoms with Crippen molar-refractivity contribution in [2.75, 3.05) is 24.5 Å². The highest BCUT2D eigenvalue weighted by Crippen LogP contribution is 2.31. The third-order valence-corrected chi connectivity index (χ3v) is 6.82. The van der Waals surface area contributed by atoms with Gasteiger partial charge in [-0.1, -0.05) is 69.4 Å². The Morgan fingerprint density at radius 1 is 0.906 bits per heavy atom. The summed E-state index contributed by atoms with van der Waals surface area (Å²) in [5.74, 6) is 2.17. The molecule has 5 heteroatoms. The molecule has 0 atom stereocenters. The van der Waals surface area contributed by atoms with Crippen molar-refractivity contribution in [2.45, 2.75) is 84.1 Å². The van der Waals surface area contributed by atoms with E-state index in [0.717, 1.165) is 55.4 Å². The zero-order valence-corrected chi connectivity index (χ0v) is 19.7. The molecule has 0 radical (unpaired) electrons. The summed E-state index contributed by atoms with van der Waals surface area (Å²) in [4.78, 5) is 27.4. The van der Waals surface area contributed by atoms with Gasteiger partial charge in [-0.25, -0.2) is 9.97 Å². The van der Waals surface area contributed by atoms with Crippen LogP contribution in [0.4, 0.5) is 5.82 Å². The van der Waals surface area contributed by atoms with E-state index in [4.69, 9.17) is 9.97 Å². The number of carbonyl (C=O) groups excluding carboxylic acids is 1. The van der Waals surface area contributed by atoms with E-state index in [1.807, 2.05) is 23.1 Å². The molecule has 0 aliphatic carbocycles. The van der Waals surface area contributed by atoms with E-state index in [1.54, 1.807) is 0 Å². The fourth-order valence-electron chi connectivity index (χ4n) is 4.91. The van der Waals surface area contributed by atoms with Crippen LogP contribution in [0, 0.1) is 0 Å². The second-order valence-corrected chi connectivity index (χ2v) is 9.29. The first-order chi connectivity index (χ1) is 15.8. The lowest BCUT2D eigenvalue weighted by Crippen LogP contribution is -2.39. The molecule has 1 saturated heterocycles. The number of fused-ring (bicyclic) bond motifs is 1. The van der Waals surface area contributed by atoms with Crippen LogP contribution in [0.1, 0.15) is 82.4 Å². The van der Waals surface area contributed by atoms with Gasteiger partial charge in [0.25, 0.3) is 0 Å². The molecule has 1 amide bonds. The van der Waals surface area contributed by atoms with Crippen molar-refractivity contribution in [1.29, 1.82) is 0 Å². The van der Waals surface area contributed by atoms with E-state index in [1.165, 1.54) is 56.9 Å². The molecule has 1 aromatic carbocycles. The SMILES string of the molecule is CCCCCCCCC(=O)N1CCc2nc(-c3ccccc3)nc(N3CCCCC3)c2C1. The van der Waals surface area contributed by atoms with Crippen molar-refractivity contribution in [2.24, 2.45) is 0 Å². The highest BCUT2D eigenvalue weighted by atomic mass is 16.2. The Morgan fingerprint density at radius 2 is 1.66 bits per heavy atom. The molecular weight excluding hydrogens is 396 g/mol. The van der Waals surface area contributed by atoms with Crippen LogP contribution in [-0.2, 0) is 17.8 Å². The van der Waals surface area contributed by atoms with E-state index in [2.05, 4.69) is 24.0 Å². The van der Waals surface area contributed by atoms with Crippen molar-refractivity contribution in [3.63, 3.8) is 0 Å². The number of benzene rings is 1. The summed E-state index contributed by atoms with van der Waals surface area (Å²) in [6, 6.07) is 10.3. The first kappa shape index (κ1) is 22.8. The molecule has 2 aliphatic rings. The smallest absolute Gasteiger partial charge is 0.222 e. The first-order valence-corrected chi connectivity index (χ1v) is 12.7. The Hall–Kier alpha value is -2.43. The summed E-state index contributed by atoms with van der Waals surface area (Å²) in [5, 5.41) is 0. The van der Waals surface area contributed by atoms with Crippen molar-refractivity contribution in [3.05, 3.63) is 41.6 Å². The maximum absolute atomic E-state index is 12.9. The number of hydrogen-bond acceptors (Lipinski definition) is 4. The van der Waals surface area contributed by atoms with Crippen LogP contribution in [0.25, 0.3) is 11.4 Å². The molecule has 2 aromatic rings. The van der Waals surface area contributed by atoms with Gasteiger partial charge in [-0.05, 0) is 25.7 Å². The second-order valence-electron chi connectivity index (χ2n) is 9.29. The number of amides is 1. The lowest BCUT2D eigenvalue weighted by Gasteiger charge is -2.34. The van der Waals surface area contributed by atoms with Gasteiger partial charge in [-0.2, -0.15) is 0 Å². The number of hydrogen-bond donors (Lipinski definition) is 0. The summed E-state index contributed by atoms with van der Waals surface area (Å²) in [7, 11) is 0. The second kappa shape index (κ2) is 11.4. The molecule has 1 fully saturated rings. The van der Waals surface area contributed by atoms with Gasteiger partial charge in [0.05, 0.1) is 12.2 Å². The van der Waals surface area contributed by atoms with Crippen LogP contribution in [0.5, 0.6) is 0 Å². The lowest BCUT2D eigenvalue weighted by atomic mass is 10.0. The fourth-order valence-corrected chi connectivity index (χ4v) is 4.91. The van der Waals surface area contributed by atoms with Crippen molar-refractivity contribution in [1.82, 2.24) is 14.9 Å². The van der Waals surface area contributed by atoms with Gasteiger partial charge in [0, 0.05) is 43.6 Å². The Labute approximate surface area is 193 Å². The third kappa shape index (κ3) is 5.67. The highest BCUT2D eigenvalue weighted by molar-refractivity contribution is 5.77. The van der Waals surface area contributed by atoms with Crippen molar-refractivity contribution >= 4 is 11.7 Å². The van der Waals surface area contributed by atoms with Crippen LogP contribution in [0.2, 0.25) is 0 Å². The molecule has 0 saturated carbocycles. The number of rotatable bonds is 9. The lowest BCUT2D eigenvalue weighted by molar-refractivity contribution is -0.132.